The van der Waals surface area contributed by atoms with Gasteiger partial charge in [-0.1, -0.05) is 0 Å². The first kappa shape index (κ1) is 13.8. The van der Waals surface area contributed by atoms with E-state index in [4.69, 9.17) is 10.5 Å². The summed E-state index contributed by atoms with van der Waals surface area (Å²) >= 11 is 0. The van der Waals surface area contributed by atoms with Crippen LogP contribution in [0.4, 0.5) is 0 Å². The molecule has 5 heteroatoms. The normalized spacial score (nSPS) is 15.4. The molecule has 0 aromatic heterocycles. The molecule has 0 aromatic carbocycles. The third-order valence-electron chi connectivity index (χ3n) is 3.13. The number of likely N-dealkylation sites (tertiary alicyclic amines) is 1. The Kier molecular flexibility index (Phi) is 4.51. The Morgan fingerprint density at radius 1 is 1.17 bits per heavy atom. The van der Waals surface area contributed by atoms with Gasteiger partial charge in [-0.05, 0) is 32.3 Å². The number of hydrogen-bond acceptors (Lipinski definition) is 4. The Morgan fingerprint density at radius 2 is 1.67 bits per heavy atom. The average Bonchev–Trinajstić information content (AvgIpc) is 2.83. The van der Waals surface area contributed by atoms with E-state index in [1.54, 1.807) is 19.1 Å². The van der Waals surface area contributed by atoms with Crippen molar-refractivity contribution in [3.63, 3.8) is 0 Å². The maximum Gasteiger partial charge on any atom is 0.337 e. The molecule has 5 nitrogen and oxygen atoms in total. The molecule has 1 heterocycles. The molecule has 1 saturated heterocycles. The van der Waals surface area contributed by atoms with Crippen LogP contribution < -0.4 is 0 Å². The van der Waals surface area contributed by atoms with Crippen molar-refractivity contribution < 1.29 is 9.90 Å². The van der Waals surface area contributed by atoms with E-state index in [0.717, 1.165) is 25.9 Å². The molecule has 0 saturated carbocycles. The third kappa shape index (κ3) is 2.70. The average molecular weight is 245 g/mol. The fraction of sp³-hybridized carbons (Fsp3) is 0.462. The number of carbonyl (C=O) groups is 1. The molecule has 1 rings (SSSR count). The molecule has 1 aliphatic heterocycles. The summed E-state index contributed by atoms with van der Waals surface area (Å²) in [7, 11) is 0. The SMILES string of the molecule is CC(=C(C#N)C#N)/C(C(=O)O)=C(\C)N1CCCC1. The molecule has 0 aliphatic carbocycles. The van der Waals surface area contributed by atoms with E-state index in [0.29, 0.717) is 5.70 Å². The first-order valence-electron chi connectivity index (χ1n) is 5.73. The van der Waals surface area contributed by atoms with Crippen LogP contribution in [0.25, 0.3) is 0 Å². The molecule has 0 amide bonds. The summed E-state index contributed by atoms with van der Waals surface area (Å²) in [6, 6.07) is 3.47. The van der Waals surface area contributed by atoms with Gasteiger partial charge in [-0.15, -0.1) is 0 Å². The maximum atomic E-state index is 11.3. The van der Waals surface area contributed by atoms with E-state index < -0.39 is 5.97 Å². The first-order chi connectivity index (χ1) is 8.52. The predicted molar refractivity (Wildman–Crippen MR) is 65.1 cm³/mol. The van der Waals surface area contributed by atoms with Crippen molar-refractivity contribution in [2.24, 2.45) is 0 Å². The molecule has 0 radical (unpaired) electrons. The fourth-order valence-corrected chi connectivity index (χ4v) is 2.11. The zero-order valence-electron chi connectivity index (χ0n) is 10.5. The molecule has 1 fully saturated rings. The topological polar surface area (TPSA) is 88.1 Å². The van der Waals surface area contributed by atoms with Gasteiger partial charge in [0.2, 0.25) is 0 Å². The number of allylic oxidation sites excluding steroid dienone is 2. The molecule has 0 atom stereocenters. The molecule has 0 unspecified atom stereocenters. The second kappa shape index (κ2) is 5.88. The van der Waals surface area contributed by atoms with Crippen molar-refractivity contribution in [1.29, 1.82) is 10.5 Å². The third-order valence-corrected chi connectivity index (χ3v) is 3.13. The van der Waals surface area contributed by atoms with Gasteiger partial charge in [-0.25, -0.2) is 4.79 Å². The summed E-state index contributed by atoms with van der Waals surface area (Å²) in [5, 5.41) is 26.9. The predicted octanol–water partition coefficient (Wildman–Crippen LogP) is 1.80. The number of hydrogen-bond donors (Lipinski definition) is 1. The van der Waals surface area contributed by atoms with Gasteiger partial charge in [0, 0.05) is 18.8 Å². The highest BCUT2D eigenvalue weighted by Crippen LogP contribution is 2.23. The number of carboxylic acids is 1. The van der Waals surface area contributed by atoms with Crippen LogP contribution in [-0.2, 0) is 4.79 Å². The minimum atomic E-state index is -1.10. The van der Waals surface area contributed by atoms with E-state index in [-0.39, 0.29) is 16.7 Å². The van der Waals surface area contributed by atoms with Crippen LogP contribution in [0.15, 0.2) is 22.4 Å². The van der Waals surface area contributed by atoms with Crippen molar-refractivity contribution in [2.45, 2.75) is 26.7 Å². The Balaban J connectivity index is 3.31. The van der Waals surface area contributed by atoms with Crippen molar-refractivity contribution in [3.8, 4) is 12.1 Å². The second-order valence-corrected chi connectivity index (χ2v) is 4.18. The molecule has 1 aliphatic rings. The van der Waals surface area contributed by atoms with Gasteiger partial charge in [-0.2, -0.15) is 10.5 Å². The number of rotatable bonds is 3. The number of nitrogens with zero attached hydrogens (tertiary/aromatic N) is 3. The van der Waals surface area contributed by atoms with Crippen LogP contribution in [0.3, 0.4) is 0 Å². The van der Waals surface area contributed by atoms with Crippen LogP contribution in [0.1, 0.15) is 26.7 Å². The van der Waals surface area contributed by atoms with Crippen LogP contribution in [-0.4, -0.2) is 29.1 Å². The zero-order chi connectivity index (χ0) is 13.7. The van der Waals surface area contributed by atoms with Crippen molar-refractivity contribution >= 4 is 5.97 Å². The lowest BCUT2D eigenvalue weighted by molar-refractivity contribution is -0.132. The lowest BCUT2D eigenvalue weighted by atomic mass is 10.0. The van der Waals surface area contributed by atoms with E-state index in [2.05, 4.69) is 0 Å². The quantitative estimate of drug-likeness (QED) is 0.465. The highest BCUT2D eigenvalue weighted by molar-refractivity contribution is 5.93. The van der Waals surface area contributed by atoms with Gasteiger partial charge >= 0.3 is 5.97 Å². The van der Waals surface area contributed by atoms with Gasteiger partial charge in [0.25, 0.3) is 0 Å². The van der Waals surface area contributed by atoms with E-state index >= 15 is 0 Å². The number of nitriles is 2. The number of aliphatic carboxylic acids is 1. The molecular weight excluding hydrogens is 230 g/mol. The largest absolute Gasteiger partial charge is 0.478 e. The van der Waals surface area contributed by atoms with Gasteiger partial charge < -0.3 is 10.0 Å². The minimum absolute atomic E-state index is 0.0648. The monoisotopic (exact) mass is 245 g/mol. The molecule has 94 valence electrons. The van der Waals surface area contributed by atoms with E-state index in [1.807, 2.05) is 4.90 Å². The van der Waals surface area contributed by atoms with Gasteiger partial charge in [-0.3, -0.25) is 0 Å². The number of carboxylic acid groups (broad SMARTS) is 1. The molecule has 1 N–H and O–H groups in total. The van der Waals surface area contributed by atoms with Crippen LogP contribution in [0.5, 0.6) is 0 Å². The summed E-state index contributed by atoms with van der Waals surface area (Å²) in [5.74, 6) is -1.10. The lowest BCUT2D eigenvalue weighted by Crippen LogP contribution is -2.21. The summed E-state index contributed by atoms with van der Waals surface area (Å²) < 4.78 is 0. The Morgan fingerprint density at radius 3 is 2.06 bits per heavy atom. The van der Waals surface area contributed by atoms with Crippen LogP contribution in [0, 0.1) is 22.7 Å². The van der Waals surface area contributed by atoms with E-state index in [1.165, 1.54) is 6.92 Å². The first-order valence-corrected chi connectivity index (χ1v) is 5.73. The van der Waals surface area contributed by atoms with Crippen molar-refractivity contribution in [1.82, 2.24) is 4.90 Å². The summed E-state index contributed by atoms with van der Waals surface area (Å²) in [4.78, 5) is 13.3. The Hall–Kier alpha value is -2.27. The standard InChI is InChI=1S/C13H15N3O2/c1-9(11(7-14)8-15)12(13(17)18)10(2)16-5-3-4-6-16/h3-6H2,1-2H3,(H,17,18)/b12-10-. The van der Waals surface area contributed by atoms with Gasteiger partial charge in [0.1, 0.15) is 17.7 Å². The zero-order valence-corrected chi connectivity index (χ0v) is 10.5. The van der Waals surface area contributed by atoms with Crippen molar-refractivity contribution in [2.75, 3.05) is 13.1 Å². The second-order valence-electron chi connectivity index (χ2n) is 4.18. The smallest absolute Gasteiger partial charge is 0.337 e. The summed E-state index contributed by atoms with van der Waals surface area (Å²) in [6.45, 7) is 4.88. The summed E-state index contributed by atoms with van der Waals surface area (Å²) in [5.41, 5.74) is 0.776. The van der Waals surface area contributed by atoms with E-state index in [9.17, 15) is 9.90 Å². The van der Waals surface area contributed by atoms with Gasteiger partial charge in [0.15, 0.2) is 0 Å². The Bertz CT molecular complexity index is 481. The minimum Gasteiger partial charge on any atom is -0.478 e. The maximum absolute atomic E-state index is 11.3. The molecule has 0 spiro atoms. The molecular formula is C13H15N3O2. The summed E-state index contributed by atoms with van der Waals surface area (Å²) in [6.07, 6.45) is 2.08. The fourth-order valence-electron chi connectivity index (χ4n) is 2.11. The van der Waals surface area contributed by atoms with Crippen molar-refractivity contribution in [3.05, 3.63) is 22.4 Å². The molecule has 0 aromatic rings. The lowest BCUT2D eigenvalue weighted by Gasteiger charge is -2.21. The highest BCUT2D eigenvalue weighted by Gasteiger charge is 2.22. The van der Waals surface area contributed by atoms with Crippen LogP contribution in [0.2, 0.25) is 0 Å². The Labute approximate surface area is 106 Å². The molecule has 18 heavy (non-hydrogen) atoms. The molecule has 0 bridgehead atoms. The van der Waals surface area contributed by atoms with Gasteiger partial charge in [0.05, 0.1) is 5.57 Å². The van der Waals surface area contributed by atoms with Crippen LogP contribution >= 0.6 is 0 Å². The highest BCUT2D eigenvalue weighted by atomic mass is 16.4.